The van der Waals surface area contributed by atoms with E-state index >= 15 is 0 Å². The van der Waals surface area contributed by atoms with Gasteiger partial charge in [0, 0.05) is 22.8 Å². The van der Waals surface area contributed by atoms with Gasteiger partial charge in [-0.2, -0.15) is 0 Å². The third-order valence-corrected chi connectivity index (χ3v) is 3.90. The molecular formula is C14H21Cl2N3. The predicted molar refractivity (Wildman–Crippen MR) is 86.7 cm³/mol. The zero-order chi connectivity index (χ0) is 11.8. The first kappa shape index (κ1) is 16.2. The fraction of sp³-hybridized carbons (Fsp3) is 0.429. The third-order valence-electron chi connectivity index (χ3n) is 3.90. The maximum Gasteiger partial charge on any atom is 0.0458 e. The maximum absolute atomic E-state index is 5.88. The van der Waals surface area contributed by atoms with Crippen molar-refractivity contribution in [3.8, 4) is 0 Å². The molecule has 0 spiro atoms. The Morgan fingerprint density at radius 2 is 1.89 bits per heavy atom. The summed E-state index contributed by atoms with van der Waals surface area (Å²) < 4.78 is 0. The van der Waals surface area contributed by atoms with Gasteiger partial charge in [0.15, 0.2) is 0 Å². The van der Waals surface area contributed by atoms with Crippen molar-refractivity contribution < 1.29 is 0 Å². The van der Waals surface area contributed by atoms with Crippen LogP contribution in [-0.4, -0.2) is 30.0 Å². The summed E-state index contributed by atoms with van der Waals surface area (Å²) in [6.45, 7) is 2.39. The number of aromatic amines is 1. The highest BCUT2D eigenvalue weighted by molar-refractivity contribution is 5.86. The van der Waals surface area contributed by atoms with Crippen LogP contribution >= 0.6 is 24.8 Å². The van der Waals surface area contributed by atoms with Gasteiger partial charge in [0.25, 0.3) is 0 Å². The van der Waals surface area contributed by atoms with Gasteiger partial charge in [0.2, 0.25) is 0 Å². The minimum Gasteiger partial charge on any atom is -0.399 e. The molecule has 106 valence electrons. The number of nitrogens with zero attached hydrogens (tertiary/aromatic N) is 1. The zero-order valence-electron chi connectivity index (χ0n) is 11.1. The van der Waals surface area contributed by atoms with E-state index in [0.29, 0.717) is 5.92 Å². The van der Waals surface area contributed by atoms with Crippen LogP contribution < -0.4 is 5.73 Å². The van der Waals surface area contributed by atoms with Crippen LogP contribution in [-0.2, 0) is 0 Å². The fourth-order valence-corrected chi connectivity index (χ4v) is 2.82. The van der Waals surface area contributed by atoms with E-state index in [1.165, 1.54) is 42.4 Å². The molecule has 19 heavy (non-hydrogen) atoms. The Morgan fingerprint density at radius 3 is 2.58 bits per heavy atom. The van der Waals surface area contributed by atoms with E-state index < -0.39 is 0 Å². The molecule has 0 radical (unpaired) electrons. The van der Waals surface area contributed by atoms with Crippen LogP contribution in [0.5, 0.6) is 0 Å². The van der Waals surface area contributed by atoms with E-state index in [1.54, 1.807) is 0 Å². The maximum atomic E-state index is 5.88. The summed E-state index contributed by atoms with van der Waals surface area (Å²) in [5.74, 6) is 0.682. The average Bonchev–Trinajstić information content (AvgIpc) is 2.73. The lowest BCUT2D eigenvalue weighted by atomic mass is 9.89. The highest BCUT2D eigenvalue weighted by atomic mass is 35.5. The number of hydrogen-bond donors (Lipinski definition) is 2. The smallest absolute Gasteiger partial charge is 0.0458 e. The highest BCUT2D eigenvalue weighted by Gasteiger charge is 2.20. The standard InChI is InChI=1S/C14H19N3.2ClH/c1-17-6-4-10(5-7-17)13-9-16-14-3-2-11(15)8-12(13)14;;/h2-3,8-10,16H,4-7,15H2,1H3;2*1H. The lowest BCUT2D eigenvalue weighted by molar-refractivity contribution is 0.256. The normalized spacial score (nSPS) is 16.9. The monoisotopic (exact) mass is 301 g/mol. The molecule has 1 aromatic heterocycles. The van der Waals surface area contributed by atoms with Crippen LogP contribution in [0.15, 0.2) is 24.4 Å². The molecular weight excluding hydrogens is 281 g/mol. The number of aromatic nitrogens is 1. The quantitative estimate of drug-likeness (QED) is 0.793. The van der Waals surface area contributed by atoms with Crippen molar-refractivity contribution in [3.05, 3.63) is 30.0 Å². The molecule has 2 heterocycles. The number of piperidine rings is 1. The summed E-state index contributed by atoms with van der Waals surface area (Å²) in [7, 11) is 2.20. The molecule has 5 heteroatoms. The number of halogens is 2. The molecule has 0 aliphatic carbocycles. The van der Waals surface area contributed by atoms with Crippen LogP contribution in [0.25, 0.3) is 10.9 Å². The van der Waals surface area contributed by atoms with Crippen LogP contribution in [0.4, 0.5) is 5.69 Å². The van der Waals surface area contributed by atoms with Crippen molar-refractivity contribution >= 4 is 41.4 Å². The largest absolute Gasteiger partial charge is 0.399 e. The Morgan fingerprint density at radius 1 is 1.21 bits per heavy atom. The first-order chi connectivity index (χ1) is 8.24. The lowest BCUT2D eigenvalue weighted by Gasteiger charge is -2.28. The number of rotatable bonds is 1. The second-order valence-corrected chi connectivity index (χ2v) is 5.13. The Kier molecular flexibility index (Phi) is 5.53. The molecule has 0 bridgehead atoms. The average molecular weight is 302 g/mol. The Hall–Kier alpha value is -0.900. The molecule has 1 aromatic carbocycles. The van der Waals surface area contributed by atoms with Crippen molar-refractivity contribution in [2.75, 3.05) is 25.9 Å². The number of likely N-dealkylation sites (tertiary alicyclic amines) is 1. The van der Waals surface area contributed by atoms with Crippen molar-refractivity contribution in [2.24, 2.45) is 0 Å². The number of nitrogens with two attached hydrogens (primary N) is 1. The lowest BCUT2D eigenvalue weighted by Crippen LogP contribution is -2.29. The van der Waals surface area contributed by atoms with Crippen LogP contribution in [0.1, 0.15) is 24.3 Å². The van der Waals surface area contributed by atoms with Gasteiger partial charge in [-0.05, 0) is 62.7 Å². The van der Waals surface area contributed by atoms with Gasteiger partial charge in [-0.25, -0.2) is 0 Å². The number of nitrogen functional groups attached to an aromatic ring is 1. The van der Waals surface area contributed by atoms with Gasteiger partial charge in [0.05, 0.1) is 0 Å². The molecule has 1 saturated heterocycles. The van der Waals surface area contributed by atoms with E-state index in [-0.39, 0.29) is 24.8 Å². The second kappa shape index (κ2) is 6.51. The van der Waals surface area contributed by atoms with Gasteiger partial charge in [-0.3, -0.25) is 0 Å². The van der Waals surface area contributed by atoms with Gasteiger partial charge in [-0.1, -0.05) is 0 Å². The summed E-state index contributed by atoms with van der Waals surface area (Å²) in [6, 6.07) is 6.12. The van der Waals surface area contributed by atoms with Crippen LogP contribution in [0.3, 0.4) is 0 Å². The topological polar surface area (TPSA) is 45.0 Å². The van der Waals surface area contributed by atoms with Crippen molar-refractivity contribution in [1.29, 1.82) is 0 Å². The molecule has 1 aliphatic rings. The zero-order valence-corrected chi connectivity index (χ0v) is 12.7. The Labute approximate surface area is 126 Å². The molecule has 2 aromatic rings. The molecule has 3 nitrogen and oxygen atoms in total. The van der Waals surface area contributed by atoms with E-state index in [2.05, 4.69) is 35.3 Å². The molecule has 0 unspecified atom stereocenters. The first-order valence-electron chi connectivity index (χ1n) is 6.29. The molecule has 1 aliphatic heterocycles. The summed E-state index contributed by atoms with van der Waals surface area (Å²) in [5.41, 5.74) is 9.38. The molecule has 3 rings (SSSR count). The van der Waals surface area contributed by atoms with Crippen molar-refractivity contribution in [2.45, 2.75) is 18.8 Å². The SMILES string of the molecule is CN1CCC(c2c[nH]c3ccc(N)cc23)CC1.Cl.Cl. The second-order valence-electron chi connectivity index (χ2n) is 5.13. The van der Waals surface area contributed by atoms with E-state index in [0.717, 1.165) is 5.69 Å². The minimum atomic E-state index is 0. The molecule has 0 atom stereocenters. The number of nitrogens with one attached hydrogen (secondary N) is 1. The molecule has 1 fully saturated rings. The van der Waals surface area contributed by atoms with Crippen molar-refractivity contribution in [3.63, 3.8) is 0 Å². The van der Waals surface area contributed by atoms with Crippen molar-refractivity contribution in [1.82, 2.24) is 9.88 Å². The van der Waals surface area contributed by atoms with E-state index in [1.807, 2.05) is 6.07 Å². The van der Waals surface area contributed by atoms with Crippen LogP contribution in [0.2, 0.25) is 0 Å². The van der Waals surface area contributed by atoms with Gasteiger partial charge in [-0.15, -0.1) is 24.8 Å². The van der Waals surface area contributed by atoms with Gasteiger partial charge >= 0.3 is 0 Å². The summed E-state index contributed by atoms with van der Waals surface area (Å²) >= 11 is 0. The Bertz CT molecular complexity index is 530. The van der Waals surface area contributed by atoms with Gasteiger partial charge in [0.1, 0.15) is 0 Å². The molecule has 0 amide bonds. The summed E-state index contributed by atoms with van der Waals surface area (Å²) in [6.07, 6.45) is 4.66. The fourth-order valence-electron chi connectivity index (χ4n) is 2.82. The molecule has 3 N–H and O–H groups in total. The first-order valence-corrected chi connectivity index (χ1v) is 6.29. The number of anilines is 1. The van der Waals surface area contributed by atoms with Gasteiger partial charge < -0.3 is 15.6 Å². The third kappa shape index (κ3) is 3.16. The van der Waals surface area contributed by atoms with E-state index in [9.17, 15) is 0 Å². The summed E-state index contributed by atoms with van der Waals surface area (Å²) in [5, 5.41) is 1.31. The number of H-pyrrole nitrogens is 1. The number of hydrogen-bond acceptors (Lipinski definition) is 2. The number of fused-ring (bicyclic) bond motifs is 1. The minimum absolute atomic E-state index is 0. The van der Waals surface area contributed by atoms with E-state index in [4.69, 9.17) is 5.73 Å². The highest BCUT2D eigenvalue weighted by Crippen LogP contribution is 2.33. The predicted octanol–water partition coefficient (Wildman–Crippen LogP) is 3.40. The van der Waals surface area contributed by atoms with Crippen LogP contribution in [0, 0.1) is 0 Å². The molecule has 0 saturated carbocycles. The Balaban J connectivity index is 0.000000902. The summed E-state index contributed by atoms with van der Waals surface area (Å²) in [4.78, 5) is 5.76. The number of benzene rings is 1.